The minimum Gasteiger partial charge on any atom is -0.394 e. The van der Waals surface area contributed by atoms with Gasteiger partial charge < -0.3 is 104 Å². The molecule has 21 heteroatoms. The van der Waals surface area contributed by atoms with E-state index in [1.807, 2.05) is 0 Å². The van der Waals surface area contributed by atoms with Crippen LogP contribution in [0.5, 0.6) is 0 Å². The van der Waals surface area contributed by atoms with Gasteiger partial charge in [-0.3, -0.25) is 0 Å². The van der Waals surface area contributed by atoms with Crippen molar-refractivity contribution in [3.8, 4) is 0 Å². The fourth-order valence-electron chi connectivity index (χ4n) is 5.96. The summed E-state index contributed by atoms with van der Waals surface area (Å²) in [6.45, 7) is -3.49. The summed E-state index contributed by atoms with van der Waals surface area (Å²) in [5.41, 5.74) is 0. The average molecular weight is 679 g/mol. The van der Waals surface area contributed by atoms with Crippen molar-refractivity contribution < 1.29 is 104 Å². The van der Waals surface area contributed by atoms with E-state index in [2.05, 4.69) is 0 Å². The van der Waals surface area contributed by atoms with E-state index in [1.165, 1.54) is 0 Å². The van der Waals surface area contributed by atoms with Crippen LogP contribution in [-0.4, -0.2) is 217 Å². The minimum atomic E-state index is -1.76. The smallest absolute Gasteiger partial charge is 0.187 e. The summed E-state index contributed by atoms with van der Waals surface area (Å²) in [4.78, 5) is 0. The van der Waals surface area contributed by atoms with Gasteiger partial charge in [0, 0.05) is 0 Å². The number of hydrogen-bond donors (Lipinski definition) is 12. The fourth-order valence-corrected chi connectivity index (χ4v) is 5.96. The lowest BCUT2D eigenvalue weighted by molar-refractivity contribution is -0.273. The first kappa shape index (κ1) is 36.4. The van der Waals surface area contributed by atoms with Gasteiger partial charge >= 0.3 is 0 Å². The first-order valence-corrected chi connectivity index (χ1v) is 14.7. The van der Waals surface area contributed by atoms with Gasteiger partial charge in [0.15, 0.2) is 31.5 Å². The lowest BCUT2D eigenvalue weighted by Crippen LogP contribution is -2.48. The molecule has 0 aromatic heterocycles. The molecule has 0 aromatic rings. The first-order chi connectivity index (χ1) is 22.0. The second-order valence-corrected chi connectivity index (χ2v) is 11.5. The third-order valence-corrected chi connectivity index (χ3v) is 8.58. The van der Waals surface area contributed by atoms with Crippen molar-refractivity contribution in [3.05, 3.63) is 0 Å². The zero-order valence-electron chi connectivity index (χ0n) is 24.1. The van der Waals surface area contributed by atoms with Gasteiger partial charge in [0.2, 0.25) is 0 Å². The molecule has 21 nitrogen and oxygen atoms in total. The van der Waals surface area contributed by atoms with Gasteiger partial charge in [-0.1, -0.05) is 0 Å². The van der Waals surface area contributed by atoms with Crippen LogP contribution >= 0.6 is 0 Å². The summed E-state index contributed by atoms with van der Waals surface area (Å²) in [6.07, 6.45) is -30.0. The van der Waals surface area contributed by atoms with Gasteiger partial charge in [0.1, 0.15) is 91.6 Å². The molecule has 0 aromatic carbocycles. The lowest BCUT2D eigenvalue weighted by Gasteiger charge is -2.30. The highest BCUT2D eigenvalue weighted by molar-refractivity contribution is 4.97. The van der Waals surface area contributed by atoms with E-state index in [0.29, 0.717) is 0 Å². The van der Waals surface area contributed by atoms with Crippen LogP contribution in [0.15, 0.2) is 0 Å². The Morgan fingerprint density at radius 3 is 1.13 bits per heavy atom. The molecule has 5 saturated heterocycles. The zero-order chi connectivity index (χ0) is 33.4. The normalized spacial score (nSPS) is 52.7. The maximum Gasteiger partial charge on any atom is 0.187 e. The number of aliphatic hydroxyl groups excluding tert-OH is 12. The molecule has 5 rings (SSSR count). The molecule has 0 unspecified atom stereocenters. The number of rotatable bonds is 13. The van der Waals surface area contributed by atoms with Crippen molar-refractivity contribution in [1.82, 2.24) is 0 Å². The lowest BCUT2D eigenvalue weighted by atomic mass is 10.1. The summed E-state index contributed by atoms with van der Waals surface area (Å²) in [7, 11) is 0. The van der Waals surface area contributed by atoms with Gasteiger partial charge in [0.05, 0.1) is 33.0 Å². The molecule has 5 heterocycles. The third kappa shape index (κ3) is 6.94. The standard InChI is InChI=1S/C25H42O21/c26-1-6-11(31)15(35)22(39-6)45-19-13(33)8(3-28)40-24(19)43-17-10(5-30)42-23(16(17)36)46-20-14(34)9(4-29)41-25(20)44-18-12(32)7(2-27)38-21(18)37/h6-37H,1-5H2/t6-,7-,8-,9-,10-,11-,12-,13-,14-,15+,16+,17-,18+,19+,20+,21-,22-,23+,24-,25+/m0/s1. The molecular weight excluding hydrogens is 636 g/mol. The van der Waals surface area contributed by atoms with Gasteiger partial charge in [0.25, 0.3) is 0 Å². The van der Waals surface area contributed by atoms with Crippen LogP contribution in [0.25, 0.3) is 0 Å². The van der Waals surface area contributed by atoms with Gasteiger partial charge in [-0.15, -0.1) is 0 Å². The highest BCUT2D eigenvalue weighted by Crippen LogP contribution is 2.37. The highest BCUT2D eigenvalue weighted by atomic mass is 16.8. The maximum absolute atomic E-state index is 11.1. The van der Waals surface area contributed by atoms with E-state index in [9.17, 15) is 61.3 Å². The van der Waals surface area contributed by atoms with E-state index >= 15 is 0 Å². The van der Waals surface area contributed by atoms with Crippen LogP contribution in [0.1, 0.15) is 0 Å². The predicted molar refractivity (Wildman–Crippen MR) is 136 cm³/mol. The van der Waals surface area contributed by atoms with Crippen LogP contribution in [0.2, 0.25) is 0 Å². The number of aliphatic hydroxyl groups is 12. The molecule has 0 aliphatic carbocycles. The molecule has 12 N–H and O–H groups in total. The van der Waals surface area contributed by atoms with E-state index < -0.39 is 156 Å². The summed E-state index contributed by atoms with van der Waals surface area (Å²) in [6, 6.07) is 0. The Hall–Kier alpha value is -0.840. The Morgan fingerprint density at radius 1 is 0.326 bits per heavy atom. The third-order valence-electron chi connectivity index (χ3n) is 8.58. The Morgan fingerprint density at radius 2 is 0.674 bits per heavy atom. The van der Waals surface area contributed by atoms with E-state index in [-0.39, 0.29) is 0 Å². The fraction of sp³-hybridized carbons (Fsp3) is 1.00. The Labute approximate surface area is 260 Å². The summed E-state index contributed by atoms with van der Waals surface area (Å²) >= 11 is 0. The summed E-state index contributed by atoms with van der Waals surface area (Å²) in [5.74, 6) is 0. The average Bonchev–Trinajstić information content (AvgIpc) is 3.78. The zero-order valence-corrected chi connectivity index (χ0v) is 24.1. The molecule has 5 aliphatic heterocycles. The molecule has 0 amide bonds. The summed E-state index contributed by atoms with van der Waals surface area (Å²) in [5, 5.41) is 121. The molecule has 0 saturated carbocycles. The highest BCUT2D eigenvalue weighted by Gasteiger charge is 2.57. The molecule has 5 aliphatic rings. The minimum absolute atomic E-state index is 0.649. The van der Waals surface area contributed by atoms with Crippen molar-refractivity contribution in [2.45, 2.75) is 123 Å². The molecular formula is C25H42O21. The molecule has 5 fully saturated rings. The van der Waals surface area contributed by atoms with E-state index in [0.717, 1.165) is 0 Å². The van der Waals surface area contributed by atoms with Crippen LogP contribution in [0.4, 0.5) is 0 Å². The largest absolute Gasteiger partial charge is 0.394 e. The number of ether oxygens (including phenoxy) is 9. The molecule has 0 spiro atoms. The van der Waals surface area contributed by atoms with Gasteiger partial charge in [-0.25, -0.2) is 0 Å². The molecule has 20 atom stereocenters. The quantitative estimate of drug-likeness (QED) is 0.0860. The summed E-state index contributed by atoms with van der Waals surface area (Å²) < 4.78 is 49.7. The van der Waals surface area contributed by atoms with E-state index in [1.54, 1.807) is 0 Å². The van der Waals surface area contributed by atoms with Crippen molar-refractivity contribution in [2.24, 2.45) is 0 Å². The Kier molecular flexibility index (Phi) is 12.2. The monoisotopic (exact) mass is 678 g/mol. The molecule has 46 heavy (non-hydrogen) atoms. The second kappa shape index (κ2) is 15.4. The van der Waals surface area contributed by atoms with Crippen molar-refractivity contribution in [3.63, 3.8) is 0 Å². The SMILES string of the molecule is OC[C@@H]1O[C@@H](O[C@H]2[C@H](O[C@@H]3[C@@H](O)[C@@H](O[C@H]4[C@@H](O[C@@H]5[C@@H](O)[C@H](CO)O[C@@H]5O)O[C@@H](CO)[C@@H]4O)O[C@H]3CO)O[C@@H](CO)[C@@H]2O)[C@H](O)[C@H]1O. The predicted octanol–water partition coefficient (Wildman–Crippen LogP) is -8.73. The Balaban J connectivity index is 1.28. The number of hydrogen-bond acceptors (Lipinski definition) is 21. The second-order valence-electron chi connectivity index (χ2n) is 11.5. The van der Waals surface area contributed by atoms with Gasteiger partial charge in [-0.05, 0) is 0 Å². The maximum atomic E-state index is 11.1. The molecule has 268 valence electrons. The Bertz CT molecular complexity index is 965. The van der Waals surface area contributed by atoms with Crippen LogP contribution in [-0.2, 0) is 42.6 Å². The van der Waals surface area contributed by atoms with E-state index in [4.69, 9.17) is 42.6 Å². The van der Waals surface area contributed by atoms with Crippen molar-refractivity contribution >= 4 is 0 Å². The van der Waals surface area contributed by atoms with Crippen molar-refractivity contribution in [2.75, 3.05) is 33.0 Å². The molecule has 0 radical (unpaired) electrons. The first-order valence-electron chi connectivity index (χ1n) is 14.7. The molecule has 0 bridgehead atoms. The van der Waals surface area contributed by atoms with Gasteiger partial charge in [-0.2, -0.15) is 0 Å². The van der Waals surface area contributed by atoms with Crippen LogP contribution in [0.3, 0.4) is 0 Å². The van der Waals surface area contributed by atoms with Crippen molar-refractivity contribution in [1.29, 1.82) is 0 Å². The topological polar surface area (TPSA) is 326 Å². The van der Waals surface area contributed by atoms with Crippen LogP contribution in [0, 0.1) is 0 Å². The van der Waals surface area contributed by atoms with Crippen LogP contribution < -0.4 is 0 Å².